The number of hydrogen-bond acceptors (Lipinski definition) is 2. The highest BCUT2D eigenvalue weighted by Gasteiger charge is 2.39. The van der Waals surface area contributed by atoms with Gasteiger partial charge in [0.2, 0.25) is 0 Å². The quantitative estimate of drug-likeness (QED) is 0.664. The molecule has 0 rings (SSSR count). The van der Waals surface area contributed by atoms with Gasteiger partial charge >= 0.3 is 0 Å². The van der Waals surface area contributed by atoms with Gasteiger partial charge in [-0.15, -0.1) is 0 Å². The van der Waals surface area contributed by atoms with Crippen molar-refractivity contribution in [2.75, 3.05) is 6.54 Å². The van der Waals surface area contributed by atoms with Gasteiger partial charge in [-0.25, -0.2) is 0 Å². The lowest BCUT2D eigenvalue weighted by atomic mass is 9.64. The SMILES string of the molecule is CCCC(CCC)(CCN)C(C)(C)N. The second-order valence-corrected chi connectivity index (χ2v) is 5.04. The Kier molecular flexibility index (Phi) is 5.68. The summed E-state index contributed by atoms with van der Waals surface area (Å²) < 4.78 is 0. The zero-order chi connectivity index (χ0) is 11.2. The average molecular weight is 200 g/mol. The largest absolute Gasteiger partial charge is 0.330 e. The molecule has 86 valence electrons. The maximum absolute atomic E-state index is 6.32. The van der Waals surface area contributed by atoms with Gasteiger partial charge in [0.05, 0.1) is 0 Å². The standard InChI is InChI=1S/C12H28N2/c1-5-7-12(8-6-2,9-10-13)11(3,4)14/h5-10,13-14H2,1-4H3. The Balaban J connectivity index is 4.73. The Labute approximate surface area is 89.4 Å². The summed E-state index contributed by atoms with van der Waals surface area (Å²) in [5.41, 5.74) is 12.2. The first-order valence-corrected chi connectivity index (χ1v) is 5.92. The molecule has 0 aromatic carbocycles. The van der Waals surface area contributed by atoms with Gasteiger partial charge in [-0.1, -0.05) is 26.7 Å². The Morgan fingerprint density at radius 1 is 0.929 bits per heavy atom. The number of rotatable bonds is 7. The third kappa shape index (κ3) is 3.25. The Morgan fingerprint density at radius 2 is 1.36 bits per heavy atom. The van der Waals surface area contributed by atoms with Crippen LogP contribution in [-0.2, 0) is 0 Å². The van der Waals surface area contributed by atoms with Gasteiger partial charge in [-0.3, -0.25) is 0 Å². The fourth-order valence-electron chi connectivity index (χ4n) is 2.57. The summed E-state index contributed by atoms with van der Waals surface area (Å²) in [6, 6.07) is 0. The summed E-state index contributed by atoms with van der Waals surface area (Å²) in [4.78, 5) is 0. The highest BCUT2D eigenvalue weighted by molar-refractivity contribution is 4.96. The van der Waals surface area contributed by atoms with Crippen LogP contribution in [0, 0.1) is 5.41 Å². The van der Waals surface area contributed by atoms with E-state index in [1.54, 1.807) is 0 Å². The van der Waals surface area contributed by atoms with Gasteiger partial charge in [-0.2, -0.15) is 0 Å². The molecule has 0 fully saturated rings. The summed E-state index contributed by atoms with van der Waals surface area (Å²) in [7, 11) is 0. The zero-order valence-corrected chi connectivity index (χ0v) is 10.4. The molecule has 14 heavy (non-hydrogen) atoms. The van der Waals surface area contributed by atoms with E-state index in [2.05, 4.69) is 27.7 Å². The van der Waals surface area contributed by atoms with Crippen molar-refractivity contribution in [3.8, 4) is 0 Å². The molecule has 0 aromatic rings. The van der Waals surface area contributed by atoms with E-state index in [1.165, 1.54) is 25.7 Å². The van der Waals surface area contributed by atoms with Crippen LogP contribution in [0.4, 0.5) is 0 Å². The predicted molar refractivity (Wildman–Crippen MR) is 64.2 cm³/mol. The smallest absolute Gasteiger partial charge is 0.0154 e. The van der Waals surface area contributed by atoms with Gasteiger partial charge in [0, 0.05) is 5.54 Å². The van der Waals surface area contributed by atoms with Crippen molar-refractivity contribution in [1.29, 1.82) is 0 Å². The molecule has 0 saturated heterocycles. The van der Waals surface area contributed by atoms with Gasteiger partial charge in [0.15, 0.2) is 0 Å². The molecule has 0 spiro atoms. The summed E-state index contributed by atoms with van der Waals surface area (Å²) in [5.74, 6) is 0. The highest BCUT2D eigenvalue weighted by Crippen LogP contribution is 2.41. The maximum Gasteiger partial charge on any atom is 0.0154 e. The van der Waals surface area contributed by atoms with E-state index in [1.807, 2.05) is 0 Å². The molecule has 0 heterocycles. The predicted octanol–water partition coefficient (Wildman–Crippen LogP) is 2.66. The zero-order valence-electron chi connectivity index (χ0n) is 10.4. The van der Waals surface area contributed by atoms with Crippen LogP contribution in [0.2, 0.25) is 0 Å². The van der Waals surface area contributed by atoms with Crippen LogP contribution in [-0.4, -0.2) is 12.1 Å². The lowest BCUT2D eigenvalue weighted by Crippen LogP contribution is -2.51. The minimum atomic E-state index is -0.113. The van der Waals surface area contributed by atoms with Crippen molar-refractivity contribution in [2.45, 2.75) is 65.3 Å². The maximum atomic E-state index is 6.32. The van der Waals surface area contributed by atoms with Crippen LogP contribution in [0.5, 0.6) is 0 Å². The van der Waals surface area contributed by atoms with E-state index in [0.29, 0.717) is 0 Å². The molecule has 0 radical (unpaired) electrons. The van der Waals surface area contributed by atoms with E-state index in [4.69, 9.17) is 11.5 Å². The fraction of sp³-hybridized carbons (Fsp3) is 1.00. The van der Waals surface area contributed by atoms with Crippen molar-refractivity contribution in [3.05, 3.63) is 0 Å². The lowest BCUT2D eigenvalue weighted by molar-refractivity contribution is 0.108. The summed E-state index contributed by atoms with van der Waals surface area (Å²) in [5, 5.41) is 0. The summed E-state index contributed by atoms with van der Waals surface area (Å²) in [6.45, 7) is 9.50. The molecule has 0 aliphatic heterocycles. The topological polar surface area (TPSA) is 52.0 Å². The van der Waals surface area contributed by atoms with Crippen LogP contribution >= 0.6 is 0 Å². The first kappa shape index (κ1) is 13.9. The van der Waals surface area contributed by atoms with Crippen LogP contribution in [0.1, 0.15) is 59.8 Å². The number of nitrogens with two attached hydrogens (primary N) is 2. The van der Waals surface area contributed by atoms with Crippen LogP contribution in [0.3, 0.4) is 0 Å². The molecular weight excluding hydrogens is 172 g/mol. The molecule has 0 unspecified atom stereocenters. The second kappa shape index (κ2) is 5.72. The monoisotopic (exact) mass is 200 g/mol. The van der Waals surface area contributed by atoms with Crippen molar-refractivity contribution < 1.29 is 0 Å². The van der Waals surface area contributed by atoms with E-state index in [9.17, 15) is 0 Å². The first-order chi connectivity index (χ1) is 6.43. The average Bonchev–Trinajstić information content (AvgIpc) is 2.03. The number of hydrogen-bond donors (Lipinski definition) is 2. The molecule has 0 aliphatic carbocycles. The van der Waals surface area contributed by atoms with Gasteiger partial charge in [-0.05, 0) is 45.1 Å². The molecular formula is C12H28N2. The third-order valence-corrected chi connectivity index (χ3v) is 3.45. The van der Waals surface area contributed by atoms with Crippen LogP contribution in [0.25, 0.3) is 0 Å². The third-order valence-electron chi connectivity index (χ3n) is 3.45. The molecule has 2 nitrogen and oxygen atoms in total. The second-order valence-electron chi connectivity index (χ2n) is 5.04. The molecule has 0 amide bonds. The molecule has 0 aliphatic rings. The Morgan fingerprint density at radius 3 is 1.57 bits per heavy atom. The summed E-state index contributed by atoms with van der Waals surface area (Å²) >= 11 is 0. The highest BCUT2D eigenvalue weighted by atomic mass is 14.8. The minimum Gasteiger partial charge on any atom is -0.330 e. The van der Waals surface area contributed by atoms with Crippen molar-refractivity contribution in [1.82, 2.24) is 0 Å². The fourth-order valence-corrected chi connectivity index (χ4v) is 2.57. The van der Waals surface area contributed by atoms with Gasteiger partial charge in [0.25, 0.3) is 0 Å². The van der Waals surface area contributed by atoms with Crippen LogP contribution in [0.15, 0.2) is 0 Å². The van der Waals surface area contributed by atoms with Crippen molar-refractivity contribution >= 4 is 0 Å². The normalized spacial score (nSPS) is 13.3. The lowest BCUT2D eigenvalue weighted by Gasteiger charge is -2.45. The van der Waals surface area contributed by atoms with E-state index in [0.717, 1.165) is 13.0 Å². The Bertz CT molecular complexity index is 130. The molecule has 0 atom stereocenters. The molecule has 0 bridgehead atoms. The van der Waals surface area contributed by atoms with Gasteiger partial charge < -0.3 is 11.5 Å². The molecule has 4 N–H and O–H groups in total. The summed E-state index contributed by atoms with van der Waals surface area (Å²) in [6.07, 6.45) is 5.84. The van der Waals surface area contributed by atoms with E-state index >= 15 is 0 Å². The van der Waals surface area contributed by atoms with Gasteiger partial charge in [0.1, 0.15) is 0 Å². The van der Waals surface area contributed by atoms with E-state index in [-0.39, 0.29) is 11.0 Å². The molecule has 0 saturated carbocycles. The van der Waals surface area contributed by atoms with Crippen LogP contribution < -0.4 is 11.5 Å². The van der Waals surface area contributed by atoms with E-state index < -0.39 is 0 Å². The molecule has 2 heteroatoms. The van der Waals surface area contributed by atoms with Crippen molar-refractivity contribution in [3.63, 3.8) is 0 Å². The Hall–Kier alpha value is -0.0800. The minimum absolute atomic E-state index is 0.113. The van der Waals surface area contributed by atoms with Crippen molar-refractivity contribution in [2.24, 2.45) is 16.9 Å². The first-order valence-electron chi connectivity index (χ1n) is 5.92. The molecule has 0 aromatic heterocycles.